The van der Waals surface area contributed by atoms with Crippen molar-refractivity contribution in [2.45, 2.75) is 25.7 Å². The quantitative estimate of drug-likeness (QED) is 0.312. The van der Waals surface area contributed by atoms with Gasteiger partial charge >= 0.3 is 0 Å². The number of para-hydroxylation sites is 2. The largest absolute Gasteiger partial charge is 0.490 e. The third-order valence-electron chi connectivity index (χ3n) is 5.99. The van der Waals surface area contributed by atoms with Crippen LogP contribution in [0.4, 0.5) is 5.69 Å². The minimum absolute atomic E-state index is 0.0276. The van der Waals surface area contributed by atoms with Crippen molar-refractivity contribution in [2.24, 2.45) is 0 Å². The number of ether oxygens (including phenoxy) is 2. The molecule has 1 aliphatic heterocycles. The molecule has 2 amide bonds. The average Bonchev–Trinajstić information content (AvgIpc) is 3.21. The Morgan fingerprint density at radius 3 is 2.19 bits per heavy atom. The number of nitrogens with one attached hydrogen (secondary N) is 2. The molecule has 192 valence electrons. The fraction of sp³-hybridized carbons (Fsp3) is 0.276. The van der Waals surface area contributed by atoms with Gasteiger partial charge in [0.25, 0.3) is 11.8 Å². The summed E-state index contributed by atoms with van der Waals surface area (Å²) in [5.41, 5.74) is 1.51. The third kappa shape index (κ3) is 7.79. The van der Waals surface area contributed by atoms with Crippen LogP contribution in [0.1, 0.15) is 46.4 Å². The fourth-order valence-corrected chi connectivity index (χ4v) is 4.32. The monoisotopic (exact) mass is 517 g/mol. The smallest absolute Gasteiger partial charge is 0.257 e. The normalized spacial score (nSPS) is 13.2. The molecule has 0 spiro atoms. The molecule has 1 saturated heterocycles. The summed E-state index contributed by atoms with van der Waals surface area (Å²) in [6, 6.07) is 23.6. The van der Waals surface area contributed by atoms with E-state index in [-0.39, 0.29) is 16.9 Å². The zero-order valence-electron chi connectivity index (χ0n) is 20.7. The number of anilines is 1. The lowest BCUT2D eigenvalue weighted by Crippen LogP contribution is -2.36. The Hall–Kier alpha value is -3.91. The number of carbonyl (C=O) groups is 2. The van der Waals surface area contributed by atoms with E-state index >= 15 is 0 Å². The van der Waals surface area contributed by atoms with Crippen LogP contribution >= 0.6 is 12.2 Å². The van der Waals surface area contributed by atoms with Crippen molar-refractivity contribution in [3.05, 3.63) is 90.0 Å². The van der Waals surface area contributed by atoms with Crippen molar-refractivity contribution in [1.29, 1.82) is 0 Å². The SMILES string of the molecule is O=C(NC(=S)Nc1ccccc1C(=O)N1CCCCCC1)c1cccc(OCCOc2ccccc2)c1. The summed E-state index contributed by atoms with van der Waals surface area (Å²) < 4.78 is 11.4. The Labute approximate surface area is 222 Å². The van der Waals surface area contributed by atoms with Crippen molar-refractivity contribution in [2.75, 3.05) is 31.6 Å². The average molecular weight is 518 g/mol. The maximum Gasteiger partial charge on any atom is 0.257 e. The maximum absolute atomic E-state index is 13.2. The van der Waals surface area contributed by atoms with Crippen LogP contribution in [-0.4, -0.2) is 48.1 Å². The fourth-order valence-electron chi connectivity index (χ4n) is 4.11. The first kappa shape index (κ1) is 26.2. The first-order chi connectivity index (χ1) is 18.1. The molecule has 1 heterocycles. The Bertz CT molecular complexity index is 1210. The second kappa shape index (κ2) is 13.4. The number of likely N-dealkylation sites (tertiary alicyclic amines) is 1. The molecule has 3 aromatic carbocycles. The first-order valence-corrected chi connectivity index (χ1v) is 12.9. The molecule has 0 bridgehead atoms. The Morgan fingerprint density at radius 1 is 0.784 bits per heavy atom. The molecule has 0 aliphatic carbocycles. The van der Waals surface area contributed by atoms with Crippen molar-refractivity contribution in [1.82, 2.24) is 10.2 Å². The lowest BCUT2D eigenvalue weighted by molar-refractivity contribution is 0.0762. The number of benzene rings is 3. The summed E-state index contributed by atoms with van der Waals surface area (Å²) in [5, 5.41) is 5.83. The molecular formula is C29H31N3O4S. The lowest BCUT2D eigenvalue weighted by atomic mass is 10.1. The van der Waals surface area contributed by atoms with Gasteiger partial charge in [0.15, 0.2) is 5.11 Å². The molecule has 7 nitrogen and oxygen atoms in total. The predicted octanol–water partition coefficient (Wildman–Crippen LogP) is 5.29. The molecular weight excluding hydrogens is 486 g/mol. The highest BCUT2D eigenvalue weighted by Crippen LogP contribution is 2.20. The van der Waals surface area contributed by atoms with Gasteiger partial charge < -0.3 is 19.7 Å². The minimum atomic E-state index is -0.375. The summed E-state index contributed by atoms with van der Waals surface area (Å²) in [6.45, 7) is 2.22. The van der Waals surface area contributed by atoms with Crippen LogP contribution < -0.4 is 20.1 Å². The van der Waals surface area contributed by atoms with E-state index in [0.29, 0.717) is 35.8 Å². The van der Waals surface area contributed by atoms with E-state index in [1.165, 1.54) is 0 Å². The van der Waals surface area contributed by atoms with E-state index in [4.69, 9.17) is 21.7 Å². The van der Waals surface area contributed by atoms with Gasteiger partial charge in [-0.2, -0.15) is 0 Å². The Kier molecular flexibility index (Phi) is 9.48. The van der Waals surface area contributed by atoms with E-state index in [1.54, 1.807) is 36.4 Å². The second-order valence-electron chi connectivity index (χ2n) is 8.70. The molecule has 4 rings (SSSR count). The Balaban J connectivity index is 1.31. The maximum atomic E-state index is 13.2. The predicted molar refractivity (Wildman–Crippen MR) is 148 cm³/mol. The van der Waals surface area contributed by atoms with Crippen molar-refractivity contribution in [3.63, 3.8) is 0 Å². The molecule has 3 aromatic rings. The van der Waals surface area contributed by atoms with E-state index in [1.807, 2.05) is 47.4 Å². The second-order valence-corrected chi connectivity index (χ2v) is 9.11. The van der Waals surface area contributed by atoms with Crippen molar-refractivity contribution >= 4 is 34.8 Å². The number of thiocarbonyl (C=S) groups is 1. The van der Waals surface area contributed by atoms with Crippen molar-refractivity contribution in [3.8, 4) is 11.5 Å². The van der Waals surface area contributed by atoms with Gasteiger partial charge in [-0.3, -0.25) is 14.9 Å². The number of rotatable bonds is 8. The van der Waals surface area contributed by atoms with Crippen LogP contribution in [0.3, 0.4) is 0 Å². The van der Waals surface area contributed by atoms with E-state index < -0.39 is 0 Å². The van der Waals surface area contributed by atoms with Gasteiger partial charge in [0.2, 0.25) is 0 Å². The van der Waals surface area contributed by atoms with Crippen molar-refractivity contribution < 1.29 is 19.1 Å². The molecule has 0 aromatic heterocycles. The van der Waals surface area contributed by atoms with Crippen LogP contribution in [0.25, 0.3) is 0 Å². The highest BCUT2D eigenvalue weighted by molar-refractivity contribution is 7.80. The molecule has 1 fully saturated rings. The van der Waals surface area contributed by atoms with Crippen LogP contribution in [0.15, 0.2) is 78.9 Å². The number of amides is 2. The molecule has 0 unspecified atom stereocenters. The van der Waals surface area contributed by atoms with Gasteiger partial charge in [-0.05, 0) is 67.5 Å². The summed E-state index contributed by atoms with van der Waals surface area (Å²) in [5.74, 6) is 0.923. The summed E-state index contributed by atoms with van der Waals surface area (Å²) in [4.78, 5) is 27.9. The molecule has 37 heavy (non-hydrogen) atoms. The van der Waals surface area contributed by atoms with E-state index in [9.17, 15) is 9.59 Å². The highest BCUT2D eigenvalue weighted by Gasteiger charge is 2.20. The highest BCUT2D eigenvalue weighted by atomic mass is 32.1. The van der Waals surface area contributed by atoms with E-state index in [0.717, 1.165) is 44.5 Å². The van der Waals surface area contributed by atoms with Gasteiger partial charge in [0.05, 0.1) is 11.3 Å². The number of hydrogen-bond donors (Lipinski definition) is 2. The third-order valence-corrected chi connectivity index (χ3v) is 6.19. The van der Waals surface area contributed by atoms with Gasteiger partial charge in [-0.25, -0.2) is 0 Å². The number of carbonyl (C=O) groups excluding carboxylic acids is 2. The molecule has 8 heteroatoms. The van der Waals surface area contributed by atoms with Crippen LogP contribution in [0.5, 0.6) is 11.5 Å². The van der Waals surface area contributed by atoms with E-state index in [2.05, 4.69) is 10.6 Å². The Morgan fingerprint density at radius 2 is 1.43 bits per heavy atom. The number of hydrogen-bond acceptors (Lipinski definition) is 5. The van der Waals surface area contributed by atoms with Crippen LogP contribution in [-0.2, 0) is 0 Å². The summed E-state index contributed by atoms with van der Waals surface area (Å²) in [6.07, 6.45) is 4.32. The summed E-state index contributed by atoms with van der Waals surface area (Å²) >= 11 is 5.39. The van der Waals surface area contributed by atoms with Crippen LogP contribution in [0, 0.1) is 0 Å². The molecule has 0 radical (unpaired) electrons. The lowest BCUT2D eigenvalue weighted by Gasteiger charge is -2.22. The topological polar surface area (TPSA) is 79.9 Å². The zero-order valence-corrected chi connectivity index (χ0v) is 21.5. The van der Waals surface area contributed by atoms with Gasteiger partial charge in [0, 0.05) is 18.7 Å². The molecule has 1 aliphatic rings. The summed E-state index contributed by atoms with van der Waals surface area (Å²) in [7, 11) is 0. The van der Waals surface area contributed by atoms with Gasteiger partial charge in [-0.15, -0.1) is 0 Å². The number of nitrogens with zero attached hydrogens (tertiary/aromatic N) is 1. The molecule has 0 atom stereocenters. The minimum Gasteiger partial charge on any atom is -0.490 e. The molecule has 2 N–H and O–H groups in total. The molecule has 0 saturated carbocycles. The first-order valence-electron chi connectivity index (χ1n) is 12.5. The van der Waals surface area contributed by atoms with Gasteiger partial charge in [0.1, 0.15) is 24.7 Å². The zero-order chi connectivity index (χ0) is 25.9. The standard InChI is InChI=1S/C29H31N3O4S/c33-27(22-11-10-14-24(21-22)36-20-19-35-23-12-4-3-5-13-23)31-29(37)30-26-16-7-6-15-25(26)28(34)32-17-8-1-2-9-18-32/h3-7,10-16,21H,1-2,8-9,17-20H2,(H2,30,31,33,37). The van der Waals surface area contributed by atoms with Crippen LogP contribution in [0.2, 0.25) is 0 Å². The van der Waals surface area contributed by atoms with Gasteiger partial charge in [-0.1, -0.05) is 49.2 Å².